The fourth-order valence-electron chi connectivity index (χ4n) is 1.84. The summed E-state index contributed by atoms with van der Waals surface area (Å²) in [6, 6.07) is 5.06. The van der Waals surface area contributed by atoms with Gasteiger partial charge in [-0.2, -0.15) is 13.2 Å². The summed E-state index contributed by atoms with van der Waals surface area (Å²) in [4.78, 5) is 11.6. The number of aliphatic hydroxyl groups is 1. The predicted octanol–water partition coefficient (Wildman–Crippen LogP) is 3.20. The summed E-state index contributed by atoms with van der Waals surface area (Å²) < 4.78 is 38.0. The smallest absolute Gasteiger partial charge is 0.376 e. The van der Waals surface area contributed by atoms with Crippen LogP contribution in [0.15, 0.2) is 24.3 Å². The maximum absolute atomic E-state index is 12.7. The average Bonchev–Trinajstić information content (AvgIpc) is 3.12. The maximum Gasteiger partial charge on any atom is 0.421 e. The van der Waals surface area contributed by atoms with Crippen LogP contribution in [-0.2, 0) is 10.4 Å². The number of alkyl halides is 3. The largest absolute Gasteiger partial charge is 0.421 e. The zero-order valence-electron chi connectivity index (χ0n) is 11.0. The highest BCUT2D eigenvalue weighted by atomic mass is 19.4. The summed E-state index contributed by atoms with van der Waals surface area (Å²) in [5.41, 5.74) is -2.73. The molecule has 0 spiro atoms. The molecule has 1 aliphatic carbocycles. The van der Waals surface area contributed by atoms with Gasteiger partial charge in [-0.15, -0.1) is 0 Å². The van der Waals surface area contributed by atoms with E-state index in [1.165, 1.54) is 24.3 Å². The molecular weight excluding hydrogens is 271 g/mol. The Morgan fingerprint density at radius 2 is 1.85 bits per heavy atom. The second-order valence-electron chi connectivity index (χ2n) is 5.34. The van der Waals surface area contributed by atoms with Crippen LogP contribution in [0, 0.1) is 5.92 Å². The van der Waals surface area contributed by atoms with E-state index in [2.05, 4.69) is 5.32 Å². The van der Waals surface area contributed by atoms with Gasteiger partial charge in [0.05, 0.1) is 0 Å². The van der Waals surface area contributed by atoms with Crippen LogP contribution in [0.25, 0.3) is 0 Å². The number of rotatable bonds is 4. The number of anilines is 1. The van der Waals surface area contributed by atoms with Crippen molar-refractivity contribution >= 4 is 11.6 Å². The van der Waals surface area contributed by atoms with Crippen LogP contribution in [0.4, 0.5) is 18.9 Å². The molecule has 1 atom stereocenters. The zero-order chi connectivity index (χ0) is 15.0. The predicted molar refractivity (Wildman–Crippen MR) is 68.0 cm³/mol. The average molecular weight is 287 g/mol. The Kier molecular flexibility index (Phi) is 3.77. The lowest BCUT2D eigenvalue weighted by Gasteiger charge is -2.26. The Labute approximate surface area is 114 Å². The molecule has 1 amide bonds. The minimum absolute atomic E-state index is 0.136. The second-order valence-corrected chi connectivity index (χ2v) is 5.34. The van der Waals surface area contributed by atoms with Gasteiger partial charge >= 0.3 is 6.18 Å². The molecule has 2 rings (SSSR count). The third-order valence-electron chi connectivity index (χ3n) is 3.45. The van der Waals surface area contributed by atoms with E-state index >= 15 is 0 Å². The summed E-state index contributed by atoms with van der Waals surface area (Å²) in [5, 5.41) is 12.1. The maximum atomic E-state index is 12.7. The van der Waals surface area contributed by atoms with Crippen LogP contribution in [-0.4, -0.2) is 17.2 Å². The molecule has 1 aromatic carbocycles. The Hall–Kier alpha value is -1.56. The molecular formula is C14H16F3NO2. The molecule has 0 heterocycles. The van der Waals surface area contributed by atoms with Gasteiger partial charge in [0.25, 0.3) is 0 Å². The molecule has 0 aliphatic heterocycles. The summed E-state index contributed by atoms with van der Waals surface area (Å²) in [7, 11) is 0. The molecule has 1 aliphatic rings. The first-order chi connectivity index (χ1) is 9.20. The van der Waals surface area contributed by atoms with Crippen LogP contribution >= 0.6 is 0 Å². The highest BCUT2D eigenvalue weighted by Crippen LogP contribution is 2.38. The molecule has 6 heteroatoms. The van der Waals surface area contributed by atoms with E-state index in [-0.39, 0.29) is 11.5 Å². The molecule has 1 fully saturated rings. The Morgan fingerprint density at radius 1 is 1.30 bits per heavy atom. The number of amides is 1. The normalized spacial score (nSPS) is 18.4. The minimum atomic E-state index is -4.75. The van der Waals surface area contributed by atoms with Crippen molar-refractivity contribution < 1.29 is 23.1 Å². The van der Waals surface area contributed by atoms with E-state index in [1.807, 2.05) is 0 Å². The van der Waals surface area contributed by atoms with E-state index in [0.717, 1.165) is 12.8 Å². The van der Waals surface area contributed by atoms with Gasteiger partial charge in [0.2, 0.25) is 5.91 Å². The third-order valence-corrected chi connectivity index (χ3v) is 3.45. The third kappa shape index (κ3) is 3.30. The first-order valence-electron chi connectivity index (χ1n) is 6.39. The van der Waals surface area contributed by atoms with Crippen LogP contribution in [0.1, 0.15) is 31.7 Å². The van der Waals surface area contributed by atoms with Gasteiger partial charge < -0.3 is 10.4 Å². The van der Waals surface area contributed by atoms with E-state index in [9.17, 15) is 23.1 Å². The highest BCUT2D eigenvalue weighted by molar-refractivity contribution is 5.91. The quantitative estimate of drug-likeness (QED) is 0.893. The summed E-state index contributed by atoms with van der Waals surface area (Å²) in [5.74, 6) is 0.308. The molecule has 110 valence electrons. The van der Waals surface area contributed by atoms with Crippen LogP contribution < -0.4 is 5.32 Å². The number of benzene rings is 1. The molecule has 20 heavy (non-hydrogen) atoms. The number of carbonyl (C=O) groups is 1. The lowest BCUT2D eigenvalue weighted by Crippen LogP contribution is -2.39. The van der Waals surface area contributed by atoms with Crippen molar-refractivity contribution in [1.29, 1.82) is 0 Å². The monoisotopic (exact) mass is 287 g/mol. The van der Waals surface area contributed by atoms with Crippen molar-refractivity contribution in [1.82, 2.24) is 0 Å². The molecule has 1 saturated carbocycles. The fourth-order valence-corrected chi connectivity index (χ4v) is 1.84. The van der Waals surface area contributed by atoms with Crippen LogP contribution in [0.3, 0.4) is 0 Å². The van der Waals surface area contributed by atoms with Gasteiger partial charge in [0, 0.05) is 12.1 Å². The van der Waals surface area contributed by atoms with Gasteiger partial charge in [-0.25, -0.2) is 0 Å². The topological polar surface area (TPSA) is 49.3 Å². The highest BCUT2D eigenvalue weighted by Gasteiger charge is 2.51. The first kappa shape index (κ1) is 14.8. The van der Waals surface area contributed by atoms with Crippen molar-refractivity contribution in [2.75, 3.05) is 5.32 Å². The second kappa shape index (κ2) is 5.09. The lowest BCUT2D eigenvalue weighted by atomic mass is 9.95. The van der Waals surface area contributed by atoms with Crippen LogP contribution in [0.2, 0.25) is 0 Å². The molecule has 0 aromatic heterocycles. The summed E-state index contributed by atoms with van der Waals surface area (Å²) >= 11 is 0. The zero-order valence-corrected chi connectivity index (χ0v) is 11.0. The van der Waals surface area contributed by atoms with E-state index in [0.29, 0.717) is 24.9 Å². The fraction of sp³-hybridized carbons (Fsp3) is 0.500. The molecule has 3 nitrogen and oxygen atoms in total. The Bertz CT molecular complexity index is 490. The van der Waals surface area contributed by atoms with Gasteiger partial charge in [0.1, 0.15) is 0 Å². The number of nitrogens with one attached hydrogen (secondary N) is 1. The number of hydrogen-bond donors (Lipinski definition) is 2. The van der Waals surface area contributed by atoms with Crippen molar-refractivity contribution in [3.05, 3.63) is 29.8 Å². The van der Waals surface area contributed by atoms with E-state index < -0.39 is 11.8 Å². The Balaban J connectivity index is 2.04. The van der Waals surface area contributed by atoms with Gasteiger partial charge in [-0.1, -0.05) is 12.1 Å². The van der Waals surface area contributed by atoms with Crippen LogP contribution in [0.5, 0.6) is 0 Å². The summed E-state index contributed by atoms with van der Waals surface area (Å²) in [6.45, 7) is 0.702. The van der Waals surface area contributed by atoms with Crippen molar-refractivity contribution in [3.63, 3.8) is 0 Å². The molecule has 1 unspecified atom stereocenters. The van der Waals surface area contributed by atoms with Crippen molar-refractivity contribution in [3.8, 4) is 0 Å². The van der Waals surface area contributed by atoms with E-state index in [1.54, 1.807) is 0 Å². The molecule has 2 N–H and O–H groups in total. The summed E-state index contributed by atoms with van der Waals surface area (Å²) in [6.07, 6.45) is -2.19. The van der Waals surface area contributed by atoms with Crippen molar-refractivity contribution in [2.45, 2.75) is 38.0 Å². The standard InChI is InChI=1S/C14H16F3NO2/c1-13(20,14(15,16)17)10-4-6-11(7-5-10)18-12(19)8-9-2-3-9/h4-7,9,20H,2-3,8H2,1H3,(H,18,19). The molecule has 1 aromatic rings. The number of halogens is 3. The van der Waals surface area contributed by atoms with Gasteiger partial charge in [-0.05, 0) is 43.4 Å². The van der Waals surface area contributed by atoms with Gasteiger partial charge in [-0.3, -0.25) is 4.79 Å². The first-order valence-corrected chi connectivity index (χ1v) is 6.39. The molecule has 0 bridgehead atoms. The number of carbonyl (C=O) groups excluding carboxylic acids is 1. The number of hydrogen-bond acceptors (Lipinski definition) is 2. The SMILES string of the molecule is CC(O)(c1ccc(NC(=O)CC2CC2)cc1)C(F)(F)F. The molecule has 0 saturated heterocycles. The van der Waals surface area contributed by atoms with Gasteiger partial charge in [0.15, 0.2) is 5.60 Å². The molecule has 0 radical (unpaired) electrons. The minimum Gasteiger partial charge on any atom is -0.376 e. The Morgan fingerprint density at radius 3 is 2.30 bits per heavy atom. The van der Waals surface area contributed by atoms with E-state index in [4.69, 9.17) is 0 Å². The van der Waals surface area contributed by atoms with Crippen molar-refractivity contribution in [2.24, 2.45) is 5.92 Å². The lowest BCUT2D eigenvalue weighted by molar-refractivity contribution is -0.258.